The molecule has 0 fully saturated rings. The van der Waals surface area contributed by atoms with Gasteiger partial charge < -0.3 is 21.1 Å². The summed E-state index contributed by atoms with van der Waals surface area (Å²) in [5, 5.41) is 4.83. The Hall–Kier alpha value is -3.60. The van der Waals surface area contributed by atoms with E-state index in [-0.39, 0.29) is 21.5 Å². The normalized spacial score (nSPS) is 10.4. The van der Waals surface area contributed by atoms with Crippen LogP contribution in [0, 0.1) is 11.6 Å². The molecule has 2 heterocycles. The molecule has 3 rings (SSSR count). The number of amides is 2. The number of carbonyl (C=O) groups is 2. The van der Waals surface area contributed by atoms with Gasteiger partial charge in [-0.3, -0.25) is 9.59 Å². The molecule has 2 amide bonds. The van der Waals surface area contributed by atoms with Crippen LogP contribution in [0.2, 0.25) is 0 Å². The number of nitrogens with one attached hydrogen (secondary N) is 2. The molecular weight excluding hydrogens is 404 g/mol. The SMILES string of the molecule is CCOc1ccc(NC(=O)c2cc(NC(=O)c3cnc(N)s3)c(F)cc2F)nc1. The Kier molecular flexibility index (Phi) is 5.98. The quantitative estimate of drug-likeness (QED) is 0.564. The number of nitrogen functional groups attached to an aromatic ring is 1. The molecule has 2 aromatic heterocycles. The van der Waals surface area contributed by atoms with Crippen molar-refractivity contribution in [3.8, 4) is 5.75 Å². The molecule has 0 radical (unpaired) electrons. The molecule has 150 valence electrons. The zero-order valence-corrected chi connectivity index (χ0v) is 15.8. The monoisotopic (exact) mass is 419 g/mol. The number of benzene rings is 1. The molecule has 0 aliphatic heterocycles. The minimum atomic E-state index is -1.09. The first-order valence-corrected chi connectivity index (χ1v) is 9.11. The van der Waals surface area contributed by atoms with Crippen molar-refractivity contribution in [3.63, 3.8) is 0 Å². The van der Waals surface area contributed by atoms with Crippen molar-refractivity contribution < 1.29 is 23.1 Å². The van der Waals surface area contributed by atoms with Gasteiger partial charge in [-0.05, 0) is 25.1 Å². The predicted octanol–water partition coefficient (Wildman–Crippen LogP) is 3.30. The highest BCUT2D eigenvalue weighted by Crippen LogP contribution is 2.23. The standard InChI is InChI=1S/C18H15F2N5O3S/c1-2-28-9-3-4-15(22-7-9)25-16(26)10-5-13(12(20)6-11(10)19)24-17(27)14-8-23-18(21)29-14/h3-8H,2H2,1H3,(H2,21,23)(H,24,27)(H,22,25,26). The zero-order valence-electron chi connectivity index (χ0n) is 15.0. The molecule has 0 aliphatic rings. The van der Waals surface area contributed by atoms with E-state index in [1.807, 2.05) is 6.92 Å². The molecule has 4 N–H and O–H groups in total. The number of carbonyl (C=O) groups excluding carboxylic acids is 2. The fourth-order valence-corrected chi connectivity index (χ4v) is 2.87. The molecule has 0 atom stereocenters. The average Bonchev–Trinajstić information content (AvgIpc) is 3.12. The van der Waals surface area contributed by atoms with Gasteiger partial charge in [0.1, 0.15) is 28.1 Å². The van der Waals surface area contributed by atoms with E-state index < -0.39 is 29.0 Å². The number of ether oxygens (including phenoxy) is 1. The van der Waals surface area contributed by atoms with Crippen LogP contribution in [-0.2, 0) is 0 Å². The van der Waals surface area contributed by atoms with E-state index in [1.165, 1.54) is 18.5 Å². The number of nitrogens with zero attached hydrogens (tertiary/aromatic N) is 2. The summed E-state index contributed by atoms with van der Waals surface area (Å²) in [5.74, 6) is -3.03. The van der Waals surface area contributed by atoms with Gasteiger partial charge in [0.15, 0.2) is 5.13 Å². The summed E-state index contributed by atoms with van der Waals surface area (Å²) in [6.07, 6.45) is 2.62. The number of pyridine rings is 1. The van der Waals surface area contributed by atoms with Crippen LogP contribution in [0.15, 0.2) is 36.7 Å². The molecule has 29 heavy (non-hydrogen) atoms. The molecule has 0 aliphatic carbocycles. The Morgan fingerprint density at radius 3 is 2.52 bits per heavy atom. The maximum absolute atomic E-state index is 14.1. The van der Waals surface area contributed by atoms with Crippen LogP contribution >= 0.6 is 11.3 Å². The minimum Gasteiger partial charge on any atom is -0.492 e. The van der Waals surface area contributed by atoms with Crippen LogP contribution in [0.25, 0.3) is 0 Å². The highest BCUT2D eigenvalue weighted by molar-refractivity contribution is 7.17. The number of aromatic nitrogens is 2. The Bertz CT molecular complexity index is 1060. The van der Waals surface area contributed by atoms with Gasteiger partial charge in [0, 0.05) is 6.07 Å². The van der Waals surface area contributed by atoms with Gasteiger partial charge in [-0.2, -0.15) is 0 Å². The van der Waals surface area contributed by atoms with Gasteiger partial charge in [-0.1, -0.05) is 11.3 Å². The van der Waals surface area contributed by atoms with Crippen molar-refractivity contribution in [2.45, 2.75) is 6.92 Å². The largest absolute Gasteiger partial charge is 0.492 e. The van der Waals surface area contributed by atoms with E-state index in [4.69, 9.17) is 10.5 Å². The Morgan fingerprint density at radius 1 is 1.10 bits per heavy atom. The lowest BCUT2D eigenvalue weighted by molar-refractivity contribution is 0.101. The third kappa shape index (κ3) is 4.82. The number of thiazole rings is 1. The molecule has 0 unspecified atom stereocenters. The lowest BCUT2D eigenvalue weighted by Crippen LogP contribution is -2.17. The lowest BCUT2D eigenvalue weighted by atomic mass is 10.1. The van der Waals surface area contributed by atoms with Crippen molar-refractivity contribution in [1.29, 1.82) is 0 Å². The topological polar surface area (TPSA) is 119 Å². The van der Waals surface area contributed by atoms with Crippen molar-refractivity contribution >= 4 is 39.8 Å². The Morgan fingerprint density at radius 2 is 1.90 bits per heavy atom. The third-order valence-corrected chi connectivity index (χ3v) is 4.41. The summed E-state index contributed by atoms with van der Waals surface area (Å²) >= 11 is 0.901. The first-order valence-electron chi connectivity index (χ1n) is 8.29. The Labute approximate surface area is 167 Å². The van der Waals surface area contributed by atoms with Crippen molar-refractivity contribution in [1.82, 2.24) is 9.97 Å². The molecule has 1 aromatic carbocycles. The van der Waals surface area contributed by atoms with Crippen LogP contribution in [-0.4, -0.2) is 28.4 Å². The predicted molar refractivity (Wildman–Crippen MR) is 104 cm³/mol. The molecular formula is C18H15F2N5O3S. The number of hydrogen-bond donors (Lipinski definition) is 3. The van der Waals surface area contributed by atoms with Crippen molar-refractivity contribution in [2.75, 3.05) is 23.0 Å². The van der Waals surface area contributed by atoms with Gasteiger partial charge in [0.05, 0.1) is 30.3 Å². The summed E-state index contributed by atoms with van der Waals surface area (Å²) in [5.41, 5.74) is 4.62. The summed E-state index contributed by atoms with van der Waals surface area (Å²) in [6.45, 7) is 2.27. The van der Waals surface area contributed by atoms with E-state index in [1.54, 1.807) is 6.07 Å². The number of nitrogens with two attached hydrogens (primary N) is 1. The second kappa shape index (κ2) is 8.61. The maximum Gasteiger partial charge on any atom is 0.267 e. The lowest BCUT2D eigenvalue weighted by Gasteiger charge is -2.10. The first-order chi connectivity index (χ1) is 13.9. The molecule has 3 aromatic rings. The smallest absolute Gasteiger partial charge is 0.267 e. The van der Waals surface area contributed by atoms with Crippen molar-refractivity contribution in [3.05, 3.63) is 58.7 Å². The van der Waals surface area contributed by atoms with E-state index in [0.717, 1.165) is 17.4 Å². The molecule has 0 saturated heterocycles. The van der Waals surface area contributed by atoms with Gasteiger partial charge in [0.25, 0.3) is 11.8 Å². The molecule has 0 saturated carbocycles. The molecule has 11 heteroatoms. The molecule has 8 nitrogen and oxygen atoms in total. The van der Waals surface area contributed by atoms with E-state index in [2.05, 4.69) is 20.6 Å². The summed E-state index contributed by atoms with van der Waals surface area (Å²) in [7, 11) is 0. The minimum absolute atomic E-state index is 0.135. The number of anilines is 3. The third-order valence-electron chi connectivity index (χ3n) is 3.59. The maximum atomic E-state index is 14.1. The summed E-state index contributed by atoms with van der Waals surface area (Å²) in [6, 6.07) is 4.47. The van der Waals surface area contributed by atoms with E-state index in [0.29, 0.717) is 18.4 Å². The highest BCUT2D eigenvalue weighted by atomic mass is 32.1. The van der Waals surface area contributed by atoms with Crippen LogP contribution < -0.4 is 21.1 Å². The first kappa shape index (κ1) is 20.1. The van der Waals surface area contributed by atoms with Gasteiger partial charge in [-0.25, -0.2) is 18.7 Å². The van der Waals surface area contributed by atoms with Gasteiger partial charge in [-0.15, -0.1) is 0 Å². The fourth-order valence-electron chi connectivity index (χ4n) is 2.29. The number of halogens is 2. The molecule has 0 spiro atoms. The zero-order chi connectivity index (χ0) is 21.0. The second-order valence-electron chi connectivity index (χ2n) is 5.60. The van der Waals surface area contributed by atoms with Crippen LogP contribution in [0.1, 0.15) is 27.0 Å². The van der Waals surface area contributed by atoms with Crippen molar-refractivity contribution in [2.24, 2.45) is 0 Å². The number of rotatable bonds is 6. The van der Waals surface area contributed by atoms with Gasteiger partial charge in [0.2, 0.25) is 0 Å². The van der Waals surface area contributed by atoms with Crippen LogP contribution in [0.5, 0.6) is 5.75 Å². The molecule has 0 bridgehead atoms. The van der Waals surface area contributed by atoms with Crippen LogP contribution in [0.4, 0.5) is 25.4 Å². The number of hydrogen-bond acceptors (Lipinski definition) is 7. The van der Waals surface area contributed by atoms with Crippen LogP contribution in [0.3, 0.4) is 0 Å². The van der Waals surface area contributed by atoms with Gasteiger partial charge >= 0.3 is 0 Å². The average molecular weight is 419 g/mol. The summed E-state index contributed by atoms with van der Waals surface area (Å²) < 4.78 is 33.4. The van der Waals surface area contributed by atoms with E-state index >= 15 is 0 Å². The fraction of sp³-hybridized carbons (Fsp3) is 0.111. The highest BCUT2D eigenvalue weighted by Gasteiger charge is 2.19. The summed E-state index contributed by atoms with van der Waals surface area (Å²) in [4.78, 5) is 32.4. The van der Waals surface area contributed by atoms with E-state index in [9.17, 15) is 18.4 Å². The Balaban J connectivity index is 1.78. The second-order valence-corrected chi connectivity index (χ2v) is 6.66.